The molecule has 188 valence electrons. The van der Waals surface area contributed by atoms with E-state index in [0.29, 0.717) is 34.6 Å². The largest absolute Gasteiger partial charge is 0.418 e. The second-order valence-electron chi connectivity index (χ2n) is 8.25. The Balaban J connectivity index is 1.57. The van der Waals surface area contributed by atoms with Gasteiger partial charge in [-0.1, -0.05) is 6.07 Å². The fraction of sp³-hybridized carbons (Fsp3) is 0.120. The minimum absolute atomic E-state index is 0.0830. The number of fused-ring (bicyclic) bond motifs is 1. The van der Waals surface area contributed by atoms with E-state index in [1.807, 2.05) is 19.1 Å². The molecule has 1 amide bonds. The Bertz CT molecular complexity index is 1640. The van der Waals surface area contributed by atoms with Crippen LogP contribution >= 0.6 is 0 Å². The van der Waals surface area contributed by atoms with Gasteiger partial charge in [-0.15, -0.1) is 0 Å². The fourth-order valence-electron chi connectivity index (χ4n) is 3.94. The van der Waals surface area contributed by atoms with E-state index in [9.17, 15) is 22.4 Å². The summed E-state index contributed by atoms with van der Waals surface area (Å²) in [5.74, 6) is -1.21. The Morgan fingerprint density at radius 3 is 2.62 bits per heavy atom. The van der Waals surface area contributed by atoms with Crippen molar-refractivity contribution in [3.8, 4) is 17.2 Å². The quantitative estimate of drug-likeness (QED) is 0.322. The lowest BCUT2D eigenvalue weighted by Gasteiger charge is -2.14. The molecule has 0 saturated carbocycles. The van der Waals surface area contributed by atoms with Crippen LogP contribution in [-0.2, 0) is 12.7 Å². The Morgan fingerprint density at radius 2 is 1.89 bits per heavy atom. The highest BCUT2D eigenvalue weighted by molar-refractivity contribution is 5.91. The maximum absolute atomic E-state index is 13.5. The molecule has 12 heteroatoms. The number of hydrogen-bond donors (Lipinski definition) is 2. The number of hydrogen-bond acceptors (Lipinski definition) is 5. The van der Waals surface area contributed by atoms with Gasteiger partial charge in [0.25, 0.3) is 5.91 Å². The van der Waals surface area contributed by atoms with Crippen LogP contribution in [0.2, 0.25) is 0 Å². The lowest BCUT2D eigenvalue weighted by molar-refractivity contribution is -0.137. The first-order valence-corrected chi connectivity index (χ1v) is 11.0. The first kappa shape index (κ1) is 24.0. The summed E-state index contributed by atoms with van der Waals surface area (Å²) in [7, 11) is 0. The number of aromatic nitrogens is 5. The van der Waals surface area contributed by atoms with Crippen molar-refractivity contribution < 1.29 is 22.4 Å². The van der Waals surface area contributed by atoms with E-state index in [-0.39, 0.29) is 17.9 Å². The molecule has 0 aliphatic carbocycles. The van der Waals surface area contributed by atoms with E-state index in [0.717, 1.165) is 17.8 Å². The topological polar surface area (TPSA) is 103 Å². The van der Waals surface area contributed by atoms with Gasteiger partial charge in [-0.3, -0.25) is 13.8 Å². The first-order chi connectivity index (χ1) is 17.6. The Morgan fingerprint density at radius 1 is 1.08 bits per heavy atom. The second kappa shape index (κ2) is 9.04. The van der Waals surface area contributed by atoms with Gasteiger partial charge in [0.15, 0.2) is 5.82 Å². The number of carbonyl (C=O) groups excluding carboxylic acids is 1. The van der Waals surface area contributed by atoms with Crippen LogP contribution in [0.25, 0.3) is 22.9 Å². The van der Waals surface area contributed by atoms with Crippen LogP contribution in [0, 0.1) is 12.7 Å². The van der Waals surface area contributed by atoms with Crippen LogP contribution in [0.4, 0.5) is 23.2 Å². The predicted molar refractivity (Wildman–Crippen MR) is 128 cm³/mol. The molecule has 0 saturated heterocycles. The third-order valence-corrected chi connectivity index (χ3v) is 5.64. The van der Waals surface area contributed by atoms with Crippen molar-refractivity contribution in [1.29, 1.82) is 0 Å². The average molecular weight is 509 g/mol. The number of rotatable bonds is 6. The molecule has 4 aromatic heterocycles. The number of carbonyl (C=O) groups is 1. The lowest BCUT2D eigenvalue weighted by atomic mass is 10.1. The van der Waals surface area contributed by atoms with E-state index in [1.165, 1.54) is 10.6 Å². The molecule has 5 rings (SSSR count). The van der Waals surface area contributed by atoms with Gasteiger partial charge in [0.1, 0.15) is 22.9 Å². The lowest BCUT2D eigenvalue weighted by Crippen LogP contribution is -2.13. The number of anilines is 1. The minimum atomic E-state index is -4.74. The molecule has 3 N–H and O–H groups in total. The molecule has 0 unspecified atom stereocenters. The van der Waals surface area contributed by atoms with E-state index >= 15 is 0 Å². The fourth-order valence-corrected chi connectivity index (χ4v) is 3.94. The first-order valence-electron chi connectivity index (χ1n) is 11.0. The highest BCUT2D eigenvalue weighted by atomic mass is 19.4. The number of aryl methyl sites for hydroxylation is 1. The van der Waals surface area contributed by atoms with Gasteiger partial charge in [-0.25, -0.2) is 19.3 Å². The van der Waals surface area contributed by atoms with Crippen molar-refractivity contribution in [3.05, 3.63) is 95.6 Å². The molecule has 0 aliphatic heterocycles. The van der Waals surface area contributed by atoms with Gasteiger partial charge >= 0.3 is 6.18 Å². The third-order valence-electron chi connectivity index (χ3n) is 5.64. The number of nitrogens with one attached hydrogen (secondary N) is 1. The molecule has 5 aromatic rings. The molecule has 8 nitrogen and oxygen atoms in total. The molecule has 0 spiro atoms. The van der Waals surface area contributed by atoms with Gasteiger partial charge in [-0.2, -0.15) is 13.2 Å². The molecular formula is C25H19F4N7O. The van der Waals surface area contributed by atoms with Gasteiger partial charge in [0.05, 0.1) is 29.7 Å². The number of nitrogens with two attached hydrogens (primary N) is 1. The van der Waals surface area contributed by atoms with Crippen LogP contribution in [0.1, 0.15) is 27.4 Å². The number of pyridine rings is 2. The number of benzene rings is 1. The maximum Gasteiger partial charge on any atom is 0.418 e. The van der Waals surface area contributed by atoms with Crippen LogP contribution in [-0.4, -0.2) is 29.8 Å². The molecular weight excluding hydrogens is 490 g/mol. The smallest absolute Gasteiger partial charge is 0.379 e. The summed E-state index contributed by atoms with van der Waals surface area (Å²) in [4.78, 5) is 25.1. The summed E-state index contributed by atoms with van der Waals surface area (Å²) in [6.07, 6.45) is -0.0685. The van der Waals surface area contributed by atoms with Crippen molar-refractivity contribution in [2.24, 2.45) is 5.73 Å². The highest BCUT2D eigenvalue weighted by Gasteiger charge is 2.34. The molecule has 0 fully saturated rings. The third kappa shape index (κ3) is 4.73. The van der Waals surface area contributed by atoms with Crippen LogP contribution in [0.3, 0.4) is 0 Å². The number of primary amides is 1. The van der Waals surface area contributed by atoms with E-state index in [1.54, 1.807) is 35.2 Å². The van der Waals surface area contributed by atoms with Crippen LogP contribution < -0.4 is 11.1 Å². The van der Waals surface area contributed by atoms with Gasteiger partial charge in [0, 0.05) is 23.8 Å². The molecule has 0 atom stereocenters. The summed E-state index contributed by atoms with van der Waals surface area (Å²) in [6, 6.07) is 11.3. The molecule has 0 bridgehead atoms. The Labute approximate surface area is 207 Å². The van der Waals surface area contributed by atoms with Crippen molar-refractivity contribution in [3.63, 3.8) is 0 Å². The van der Waals surface area contributed by atoms with Crippen LogP contribution in [0.15, 0.2) is 67.1 Å². The van der Waals surface area contributed by atoms with E-state index in [2.05, 4.69) is 20.3 Å². The number of nitrogens with zero attached hydrogens (tertiary/aromatic N) is 5. The zero-order valence-corrected chi connectivity index (χ0v) is 19.3. The van der Waals surface area contributed by atoms with E-state index < -0.39 is 23.5 Å². The van der Waals surface area contributed by atoms with Crippen molar-refractivity contribution in [1.82, 2.24) is 23.9 Å². The Hall–Kier alpha value is -4.74. The maximum atomic E-state index is 13.5. The summed E-state index contributed by atoms with van der Waals surface area (Å²) in [6.45, 7) is 1.74. The average Bonchev–Trinajstić information content (AvgIpc) is 3.47. The van der Waals surface area contributed by atoms with Gasteiger partial charge < -0.3 is 11.1 Å². The van der Waals surface area contributed by atoms with Crippen molar-refractivity contribution >= 4 is 17.2 Å². The number of amides is 1. The summed E-state index contributed by atoms with van der Waals surface area (Å²) in [5.41, 5.74) is 7.03. The minimum Gasteiger partial charge on any atom is -0.379 e. The standard InChI is InChI=1S/C25H19F4N7O/c1-14-3-2-4-20(33-14)24-34-16(10-31-19-7-5-15(26)9-18(19)25(27,28)29)12-35(24)17-6-8-22-32-11-21(23(30)37)36(22)13-17/h2-9,11-13,31H,10H2,1H3,(H2,30,37). The van der Waals surface area contributed by atoms with Crippen molar-refractivity contribution in [2.45, 2.75) is 19.6 Å². The predicted octanol–water partition coefficient (Wildman–Crippen LogP) is 4.76. The molecule has 1 aromatic carbocycles. The summed E-state index contributed by atoms with van der Waals surface area (Å²) >= 11 is 0. The number of alkyl halides is 3. The second-order valence-corrected chi connectivity index (χ2v) is 8.25. The zero-order chi connectivity index (χ0) is 26.3. The monoisotopic (exact) mass is 509 g/mol. The summed E-state index contributed by atoms with van der Waals surface area (Å²) < 4.78 is 57.0. The Kier molecular flexibility index (Phi) is 5.86. The molecule has 37 heavy (non-hydrogen) atoms. The van der Waals surface area contributed by atoms with Crippen LogP contribution in [0.5, 0.6) is 0 Å². The summed E-state index contributed by atoms with van der Waals surface area (Å²) in [5, 5.41) is 2.71. The van der Waals surface area contributed by atoms with E-state index in [4.69, 9.17) is 5.73 Å². The zero-order valence-electron chi connectivity index (χ0n) is 19.3. The highest BCUT2D eigenvalue weighted by Crippen LogP contribution is 2.35. The normalized spacial score (nSPS) is 11.7. The number of imidazole rings is 2. The molecule has 0 radical (unpaired) electrons. The number of halogens is 4. The SMILES string of the molecule is Cc1cccc(-c2nc(CNc3ccc(F)cc3C(F)(F)F)cn2-c2ccc3ncc(C(N)=O)n3c2)n1. The molecule has 4 heterocycles. The van der Waals surface area contributed by atoms with Crippen molar-refractivity contribution in [2.75, 3.05) is 5.32 Å². The van der Waals surface area contributed by atoms with Gasteiger partial charge in [0.2, 0.25) is 0 Å². The molecule has 0 aliphatic rings. The van der Waals surface area contributed by atoms with Gasteiger partial charge in [-0.05, 0) is 49.4 Å².